The molecule has 0 aliphatic carbocycles. The SMILES string of the molecule is CC(C)(C)CC(C)(C)N.Clc1nc(Cl)nc(Nc2ccccc2Cl)n1. The van der Waals surface area contributed by atoms with Crippen molar-refractivity contribution < 1.29 is 0 Å². The molecule has 0 aliphatic heterocycles. The molecule has 138 valence electrons. The molecule has 0 saturated heterocycles. The fourth-order valence-corrected chi connectivity index (χ4v) is 2.98. The average Bonchev–Trinajstić information content (AvgIpc) is 2.36. The maximum atomic E-state index is 5.95. The predicted octanol–water partition coefficient (Wildman–Crippen LogP) is 5.74. The number of rotatable bonds is 3. The molecule has 2 aromatic rings. The first-order chi connectivity index (χ1) is 11.4. The molecule has 0 saturated carbocycles. The van der Waals surface area contributed by atoms with E-state index >= 15 is 0 Å². The van der Waals surface area contributed by atoms with Gasteiger partial charge in [-0.1, -0.05) is 44.5 Å². The van der Waals surface area contributed by atoms with Crippen LogP contribution in [0.1, 0.15) is 41.0 Å². The zero-order valence-corrected chi connectivity index (χ0v) is 17.3. The quantitative estimate of drug-likeness (QED) is 0.682. The smallest absolute Gasteiger partial charge is 0.232 e. The van der Waals surface area contributed by atoms with Crippen LogP contribution in [0.2, 0.25) is 15.6 Å². The third-order valence-electron chi connectivity index (χ3n) is 2.69. The van der Waals surface area contributed by atoms with Crippen LogP contribution in [-0.2, 0) is 0 Å². The van der Waals surface area contributed by atoms with E-state index < -0.39 is 0 Å². The van der Waals surface area contributed by atoms with Gasteiger partial charge in [0.25, 0.3) is 0 Å². The van der Waals surface area contributed by atoms with E-state index in [1.54, 1.807) is 12.1 Å². The summed E-state index contributed by atoms with van der Waals surface area (Å²) in [6, 6.07) is 7.18. The molecule has 1 heterocycles. The van der Waals surface area contributed by atoms with Crippen molar-refractivity contribution in [2.75, 3.05) is 5.32 Å². The lowest BCUT2D eigenvalue weighted by molar-refractivity contribution is 0.286. The van der Waals surface area contributed by atoms with Crippen LogP contribution < -0.4 is 11.1 Å². The molecule has 8 heteroatoms. The van der Waals surface area contributed by atoms with Gasteiger partial charge in [0, 0.05) is 5.54 Å². The van der Waals surface area contributed by atoms with Crippen LogP contribution in [0.15, 0.2) is 24.3 Å². The van der Waals surface area contributed by atoms with Crippen molar-refractivity contribution in [2.24, 2.45) is 11.1 Å². The first-order valence-electron chi connectivity index (χ1n) is 7.73. The Morgan fingerprint density at radius 1 is 0.920 bits per heavy atom. The molecular formula is C17H24Cl3N5. The fourth-order valence-electron chi connectivity index (χ4n) is 2.43. The number of nitrogens with zero attached hydrogens (tertiary/aromatic N) is 3. The van der Waals surface area contributed by atoms with E-state index in [1.165, 1.54) is 0 Å². The number of aromatic nitrogens is 3. The van der Waals surface area contributed by atoms with Crippen molar-refractivity contribution in [3.8, 4) is 0 Å². The van der Waals surface area contributed by atoms with E-state index in [4.69, 9.17) is 40.5 Å². The van der Waals surface area contributed by atoms with Gasteiger partial charge in [-0.25, -0.2) is 0 Å². The topological polar surface area (TPSA) is 76.7 Å². The lowest BCUT2D eigenvalue weighted by atomic mass is 9.82. The zero-order valence-electron chi connectivity index (χ0n) is 15.1. The molecule has 1 aromatic heterocycles. The summed E-state index contributed by atoms with van der Waals surface area (Å²) in [6.45, 7) is 10.8. The first-order valence-corrected chi connectivity index (χ1v) is 8.87. The predicted molar refractivity (Wildman–Crippen MR) is 107 cm³/mol. The second-order valence-electron chi connectivity index (χ2n) is 7.53. The van der Waals surface area contributed by atoms with E-state index in [2.05, 4.69) is 54.9 Å². The highest BCUT2D eigenvalue weighted by Gasteiger charge is 2.20. The second-order valence-corrected chi connectivity index (χ2v) is 8.61. The highest BCUT2D eigenvalue weighted by atomic mass is 35.5. The number of hydrogen-bond acceptors (Lipinski definition) is 5. The minimum atomic E-state index is -0.0156. The van der Waals surface area contributed by atoms with Gasteiger partial charge in [-0.3, -0.25) is 0 Å². The molecule has 3 N–H and O–H groups in total. The molecule has 0 aliphatic rings. The number of anilines is 2. The molecule has 0 unspecified atom stereocenters. The molecule has 0 amide bonds. The summed E-state index contributed by atoms with van der Waals surface area (Å²) < 4.78 is 0. The summed E-state index contributed by atoms with van der Waals surface area (Å²) in [7, 11) is 0. The van der Waals surface area contributed by atoms with Crippen LogP contribution in [0.3, 0.4) is 0 Å². The van der Waals surface area contributed by atoms with Gasteiger partial charge < -0.3 is 11.1 Å². The van der Waals surface area contributed by atoms with Gasteiger partial charge in [0.05, 0.1) is 10.7 Å². The van der Waals surface area contributed by atoms with Crippen LogP contribution in [0.5, 0.6) is 0 Å². The largest absolute Gasteiger partial charge is 0.326 e. The molecule has 0 spiro atoms. The number of nitrogens with one attached hydrogen (secondary N) is 1. The normalized spacial score (nSPS) is 11.6. The van der Waals surface area contributed by atoms with Gasteiger partial charge in [-0.15, -0.1) is 0 Å². The minimum Gasteiger partial charge on any atom is -0.326 e. The Hall–Kier alpha value is -1.14. The fraction of sp³-hybridized carbons (Fsp3) is 0.471. The van der Waals surface area contributed by atoms with Crippen molar-refractivity contribution >= 4 is 46.4 Å². The third kappa shape index (κ3) is 9.80. The van der Waals surface area contributed by atoms with Crippen LogP contribution >= 0.6 is 34.8 Å². The number of hydrogen-bond donors (Lipinski definition) is 2. The van der Waals surface area contributed by atoms with Crippen molar-refractivity contribution in [1.29, 1.82) is 0 Å². The zero-order chi connectivity index (χ0) is 19.3. The first kappa shape index (κ1) is 21.9. The van der Waals surface area contributed by atoms with Crippen LogP contribution in [-0.4, -0.2) is 20.5 Å². The Bertz CT molecular complexity index is 661. The van der Waals surface area contributed by atoms with Gasteiger partial charge in [0.2, 0.25) is 16.5 Å². The molecule has 2 rings (SSSR count). The number of benzene rings is 1. The standard InChI is InChI=1S/C9H5Cl3N4.C8H19N/c10-5-3-1-2-4-6(5)13-9-15-7(11)14-8(12)16-9;1-7(2,3)6-8(4,5)9/h1-4H,(H,13,14,15,16);6,9H2,1-5H3. The van der Waals surface area contributed by atoms with Gasteiger partial charge in [-0.2, -0.15) is 15.0 Å². The molecule has 5 nitrogen and oxygen atoms in total. The summed E-state index contributed by atoms with van der Waals surface area (Å²) >= 11 is 17.2. The minimum absolute atomic E-state index is 0.0156. The molecular weight excluding hydrogens is 381 g/mol. The molecule has 25 heavy (non-hydrogen) atoms. The van der Waals surface area contributed by atoms with Crippen LogP contribution in [0.4, 0.5) is 11.6 Å². The third-order valence-corrected chi connectivity index (χ3v) is 3.35. The Labute approximate surface area is 164 Å². The Morgan fingerprint density at radius 3 is 1.84 bits per heavy atom. The molecule has 1 aromatic carbocycles. The number of para-hydroxylation sites is 1. The van der Waals surface area contributed by atoms with E-state index in [0.29, 0.717) is 16.1 Å². The summed E-state index contributed by atoms with van der Waals surface area (Å²) in [6.07, 6.45) is 1.07. The maximum Gasteiger partial charge on any atom is 0.232 e. The lowest BCUT2D eigenvalue weighted by Crippen LogP contribution is -2.36. The van der Waals surface area contributed by atoms with Crippen molar-refractivity contribution in [1.82, 2.24) is 15.0 Å². The second kappa shape index (κ2) is 8.99. The lowest BCUT2D eigenvalue weighted by Gasteiger charge is -2.28. The van der Waals surface area contributed by atoms with Gasteiger partial charge in [-0.05, 0) is 61.0 Å². The molecule has 0 fully saturated rings. The molecule has 0 atom stereocenters. The maximum absolute atomic E-state index is 5.95. The number of nitrogens with two attached hydrogens (primary N) is 1. The van der Waals surface area contributed by atoms with E-state index in [9.17, 15) is 0 Å². The highest BCUT2D eigenvalue weighted by Crippen LogP contribution is 2.25. The summed E-state index contributed by atoms with van der Waals surface area (Å²) in [5.41, 5.74) is 6.83. The van der Waals surface area contributed by atoms with E-state index in [1.807, 2.05) is 12.1 Å². The Kier molecular flexibility index (Phi) is 7.88. The Morgan fingerprint density at radius 2 is 1.44 bits per heavy atom. The highest BCUT2D eigenvalue weighted by molar-refractivity contribution is 6.33. The monoisotopic (exact) mass is 403 g/mol. The van der Waals surface area contributed by atoms with Gasteiger partial charge >= 0.3 is 0 Å². The van der Waals surface area contributed by atoms with E-state index in [-0.39, 0.29) is 22.1 Å². The van der Waals surface area contributed by atoms with Gasteiger partial charge in [0.1, 0.15) is 0 Å². The van der Waals surface area contributed by atoms with Gasteiger partial charge in [0.15, 0.2) is 0 Å². The van der Waals surface area contributed by atoms with Crippen LogP contribution in [0.25, 0.3) is 0 Å². The summed E-state index contributed by atoms with van der Waals surface area (Å²) in [4.78, 5) is 11.4. The van der Waals surface area contributed by atoms with Crippen molar-refractivity contribution in [3.05, 3.63) is 39.9 Å². The Balaban J connectivity index is 0.000000299. The van der Waals surface area contributed by atoms with Crippen molar-refractivity contribution in [3.63, 3.8) is 0 Å². The van der Waals surface area contributed by atoms with Crippen molar-refractivity contribution in [2.45, 2.75) is 46.6 Å². The number of halogens is 3. The summed E-state index contributed by atoms with van der Waals surface area (Å²) in [5.74, 6) is 0.248. The van der Waals surface area contributed by atoms with Crippen LogP contribution in [0, 0.1) is 5.41 Å². The average molecular weight is 405 g/mol. The molecule has 0 bridgehead atoms. The molecule has 0 radical (unpaired) electrons. The summed E-state index contributed by atoms with van der Waals surface area (Å²) in [5, 5.41) is 3.49. The van der Waals surface area contributed by atoms with E-state index in [0.717, 1.165) is 6.42 Å².